The number of aliphatic hydroxyl groups is 1. The molecule has 3 N–H and O–H groups in total. The van der Waals surface area contributed by atoms with Gasteiger partial charge < -0.3 is 25.2 Å². The minimum atomic E-state index is -0.846. The molecule has 1 aromatic carbocycles. The van der Waals surface area contributed by atoms with E-state index < -0.39 is 24.0 Å². The van der Waals surface area contributed by atoms with Gasteiger partial charge in [-0.2, -0.15) is 0 Å². The van der Waals surface area contributed by atoms with Crippen molar-refractivity contribution in [3.63, 3.8) is 0 Å². The second kappa shape index (κ2) is 13.2. The van der Waals surface area contributed by atoms with Crippen molar-refractivity contribution in [2.75, 3.05) is 27.3 Å². The molecule has 1 amide bonds. The number of ether oxygens (including phenoxy) is 2. The molecule has 2 rings (SSSR count). The molecule has 174 valence electrons. The summed E-state index contributed by atoms with van der Waals surface area (Å²) in [4.78, 5) is 25.3. The van der Waals surface area contributed by atoms with Crippen molar-refractivity contribution < 1.29 is 24.2 Å². The topological polar surface area (TPSA) is 96.9 Å². The number of aliphatic hydroxyl groups excluding tert-OH is 1. The predicted molar refractivity (Wildman–Crippen MR) is 123 cm³/mol. The van der Waals surface area contributed by atoms with Crippen LogP contribution < -0.4 is 10.6 Å². The number of carbonyl (C=O) groups excluding carboxylic acids is 2. The molecule has 0 heterocycles. The van der Waals surface area contributed by atoms with Gasteiger partial charge in [0.05, 0.1) is 25.2 Å². The fourth-order valence-electron chi connectivity index (χ4n) is 4.07. The van der Waals surface area contributed by atoms with E-state index in [9.17, 15) is 14.7 Å². The fourth-order valence-corrected chi connectivity index (χ4v) is 4.76. The van der Waals surface area contributed by atoms with E-state index in [4.69, 9.17) is 9.47 Å². The van der Waals surface area contributed by atoms with Gasteiger partial charge in [0.25, 0.3) is 0 Å². The van der Waals surface area contributed by atoms with Crippen LogP contribution in [0.3, 0.4) is 0 Å². The molecule has 1 aliphatic carbocycles. The molecule has 31 heavy (non-hydrogen) atoms. The third-order valence-electron chi connectivity index (χ3n) is 5.85. The zero-order chi connectivity index (χ0) is 22.8. The van der Waals surface area contributed by atoms with E-state index in [0.717, 1.165) is 24.9 Å². The Kier molecular flexibility index (Phi) is 10.9. The number of nitrogens with one attached hydrogen (secondary N) is 2. The summed E-state index contributed by atoms with van der Waals surface area (Å²) < 4.78 is 10.9. The third kappa shape index (κ3) is 7.56. The molecular weight excluding hydrogens is 464 g/mol. The zero-order valence-electron chi connectivity index (χ0n) is 18.6. The first kappa shape index (κ1) is 25.8. The van der Waals surface area contributed by atoms with E-state index in [2.05, 4.69) is 26.6 Å². The fraction of sp³-hybridized carbons (Fsp3) is 0.652. The molecule has 0 radical (unpaired) electrons. The quantitative estimate of drug-likeness (QED) is 0.245. The molecule has 0 bridgehead atoms. The van der Waals surface area contributed by atoms with Gasteiger partial charge in [-0.1, -0.05) is 53.2 Å². The molecule has 0 saturated heterocycles. The number of benzene rings is 1. The molecule has 8 heteroatoms. The smallest absolute Gasteiger partial charge is 0.328 e. The lowest BCUT2D eigenvalue weighted by Gasteiger charge is -2.41. The molecule has 5 unspecified atom stereocenters. The third-order valence-corrected chi connectivity index (χ3v) is 7.28. The second-order valence-corrected chi connectivity index (χ2v) is 9.18. The summed E-state index contributed by atoms with van der Waals surface area (Å²) in [5.74, 6) is -1.66. The van der Waals surface area contributed by atoms with Crippen molar-refractivity contribution in [3.8, 4) is 0 Å². The van der Waals surface area contributed by atoms with Crippen molar-refractivity contribution in [1.29, 1.82) is 0 Å². The summed E-state index contributed by atoms with van der Waals surface area (Å²) in [6.45, 7) is 3.48. The van der Waals surface area contributed by atoms with Crippen LogP contribution >= 0.6 is 15.9 Å². The van der Waals surface area contributed by atoms with Crippen LogP contribution in [0.2, 0.25) is 0 Å². The van der Waals surface area contributed by atoms with Gasteiger partial charge in [0.2, 0.25) is 5.91 Å². The lowest BCUT2D eigenvalue weighted by molar-refractivity contribution is -0.148. The number of halogens is 1. The Balaban J connectivity index is 1.98. The van der Waals surface area contributed by atoms with Crippen LogP contribution in [0.1, 0.15) is 31.7 Å². The predicted octanol–water partition coefficient (Wildman–Crippen LogP) is 2.05. The first-order valence-electron chi connectivity index (χ1n) is 10.9. The number of alkyl halides is 1. The van der Waals surface area contributed by atoms with Crippen molar-refractivity contribution >= 4 is 27.8 Å². The van der Waals surface area contributed by atoms with Crippen LogP contribution in [-0.4, -0.2) is 67.4 Å². The Labute approximate surface area is 193 Å². The second-order valence-electron chi connectivity index (χ2n) is 8.13. The number of carbonyl (C=O) groups is 2. The highest BCUT2D eigenvalue weighted by molar-refractivity contribution is 9.09. The highest BCUT2D eigenvalue weighted by Gasteiger charge is 2.45. The van der Waals surface area contributed by atoms with Gasteiger partial charge in [-0.15, -0.1) is 0 Å². The van der Waals surface area contributed by atoms with E-state index in [0.29, 0.717) is 19.4 Å². The monoisotopic (exact) mass is 498 g/mol. The maximum absolute atomic E-state index is 13.1. The van der Waals surface area contributed by atoms with Gasteiger partial charge in [-0.3, -0.25) is 4.79 Å². The van der Waals surface area contributed by atoms with Gasteiger partial charge in [-0.05, 0) is 37.9 Å². The van der Waals surface area contributed by atoms with E-state index in [1.54, 1.807) is 0 Å². The van der Waals surface area contributed by atoms with Gasteiger partial charge in [0, 0.05) is 24.3 Å². The minimum Gasteiger partial charge on any atom is -0.467 e. The average molecular weight is 499 g/mol. The SMILES string of the molecule is CNCCCCOC1CC(O)C(C(=O)N[C@@H](Cc2ccccc2)C(=O)OC)C(C)C1Br. The lowest BCUT2D eigenvalue weighted by atomic mass is 9.76. The molecular formula is C23H35BrN2O5. The van der Waals surface area contributed by atoms with Crippen LogP contribution in [0.25, 0.3) is 0 Å². The molecule has 6 atom stereocenters. The maximum Gasteiger partial charge on any atom is 0.328 e. The standard InChI is InChI=1S/C23H35BrN2O5/c1-15-20(18(27)14-19(21(15)24)31-12-8-7-11-25-2)22(28)26-17(23(29)30-3)13-16-9-5-4-6-10-16/h4-6,9-10,15,17-21,25,27H,7-8,11-14H2,1-3H3,(H,26,28)/t15?,17-,18?,19?,20?,21?/m0/s1. The van der Waals surface area contributed by atoms with Gasteiger partial charge in [0.1, 0.15) is 6.04 Å². The van der Waals surface area contributed by atoms with Crippen LogP contribution in [-0.2, 0) is 25.5 Å². The summed E-state index contributed by atoms with van der Waals surface area (Å²) in [7, 11) is 3.22. The normalized spacial score (nSPS) is 26.8. The zero-order valence-corrected chi connectivity index (χ0v) is 20.1. The summed E-state index contributed by atoms with van der Waals surface area (Å²) in [5.41, 5.74) is 0.917. The number of hydrogen-bond acceptors (Lipinski definition) is 6. The Bertz CT molecular complexity index is 690. The molecule has 0 aromatic heterocycles. The largest absolute Gasteiger partial charge is 0.467 e. The lowest BCUT2D eigenvalue weighted by Crippen LogP contribution is -2.55. The van der Waals surface area contributed by atoms with E-state index in [-0.39, 0.29) is 22.8 Å². The first-order valence-corrected chi connectivity index (χ1v) is 11.8. The number of unbranched alkanes of at least 4 members (excludes halogenated alkanes) is 1. The number of esters is 1. The first-order chi connectivity index (χ1) is 14.9. The van der Waals surface area contributed by atoms with Gasteiger partial charge >= 0.3 is 5.97 Å². The Morgan fingerprint density at radius 1 is 1.26 bits per heavy atom. The number of rotatable bonds is 11. The molecule has 0 spiro atoms. The summed E-state index contributed by atoms with van der Waals surface area (Å²) in [6.07, 6.45) is 1.64. The molecule has 1 saturated carbocycles. The van der Waals surface area contributed by atoms with E-state index in [1.807, 2.05) is 44.3 Å². The van der Waals surface area contributed by atoms with Crippen LogP contribution in [0.15, 0.2) is 30.3 Å². The molecule has 1 aliphatic rings. The van der Waals surface area contributed by atoms with Crippen molar-refractivity contribution in [1.82, 2.24) is 10.6 Å². The summed E-state index contributed by atoms with van der Waals surface area (Å²) >= 11 is 3.68. The van der Waals surface area contributed by atoms with Crippen molar-refractivity contribution in [2.45, 2.75) is 55.7 Å². The molecule has 1 aromatic rings. The van der Waals surface area contributed by atoms with E-state index in [1.165, 1.54) is 7.11 Å². The van der Waals surface area contributed by atoms with Gasteiger partial charge in [0.15, 0.2) is 0 Å². The highest BCUT2D eigenvalue weighted by Crippen LogP contribution is 2.37. The molecule has 1 fully saturated rings. The van der Waals surface area contributed by atoms with Crippen molar-refractivity contribution in [3.05, 3.63) is 35.9 Å². The molecule has 7 nitrogen and oxygen atoms in total. The Morgan fingerprint density at radius 3 is 2.61 bits per heavy atom. The van der Waals surface area contributed by atoms with Crippen LogP contribution in [0, 0.1) is 11.8 Å². The maximum atomic E-state index is 13.1. The van der Waals surface area contributed by atoms with Crippen LogP contribution in [0.5, 0.6) is 0 Å². The minimum absolute atomic E-state index is 0.0679. The summed E-state index contributed by atoms with van der Waals surface area (Å²) in [5, 5.41) is 16.7. The number of hydrogen-bond donors (Lipinski definition) is 3. The van der Waals surface area contributed by atoms with Gasteiger partial charge in [-0.25, -0.2) is 4.79 Å². The number of methoxy groups -OCH3 is 1. The summed E-state index contributed by atoms with van der Waals surface area (Å²) in [6, 6.07) is 8.64. The van der Waals surface area contributed by atoms with Crippen molar-refractivity contribution in [2.24, 2.45) is 11.8 Å². The average Bonchev–Trinajstić information content (AvgIpc) is 2.76. The molecule has 0 aliphatic heterocycles. The van der Waals surface area contributed by atoms with E-state index >= 15 is 0 Å². The Morgan fingerprint density at radius 2 is 1.97 bits per heavy atom. The number of amides is 1. The highest BCUT2D eigenvalue weighted by atomic mass is 79.9. The Hall–Kier alpha value is -1.48. The van der Waals surface area contributed by atoms with Crippen LogP contribution in [0.4, 0.5) is 0 Å².